The van der Waals surface area contributed by atoms with Crippen LogP contribution in [0.5, 0.6) is 0 Å². The highest BCUT2D eigenvalue weighted by molar-refractivity contribution is 4.73. The Morgan fingerprint density at radius 1 is 0.455 bits per heavy atom. The molecule has 198 valence electrons. The van der Waals surface area contributed by atoms with Gasteiger partial charge in [0.2, 0.25) is 0 Å². The Labute approximate surface area is 208 Å². The van der Waals surface area contributed by atoms with Crippen molar-refractivity contribution in [2.45, 2.75) is 167 Å². The summed E-state index contributed by atoms with van der Waals surface area (Å²) < 4.78 is 17.9. The van der Waals surface area contributed by atoms with E-state index in [1.54, 1.807) is 0 Å². The zero-order chi connectivity index (χ0) is 23.7. The molecule has 0 amide bonds. The minimum absolute atomic E-state index is 0.291. The van der Waals surface area contributed by atoms with Crippen molar-refractivity contribution in [2.24, 2.45) is 0 Å². The molecule has 0 spiro atoms. The van der Waals surface area contributed by atoms with Crippen molar-refractivity contribution in [3.63, 3.8) is 0 Å². The molecule has 33 heavy (non-hydrogen) atoms. The average Bonchev–Trinajstić information content (AvgIpc) is 3.28. The molecule has 3 nitrogen and oxygen atoms in total. The Morgan fingerprint density at radius 3 is 1.09 bits per heavy atom. The third-order valence-corrected chi connectivity index (χ3v) is 7.09. The molecule has 0 radical (unpaired) electrons. The average molecular weight is 469 g/mol. The van der Waals surface area contributed by atoms with Gasteiger partial charge in [0, 0.05) is 13.2 Å². The predicted molar refractivity (Wildman–Crippen MR) is 143 cm³/mol. The molecule has 1 saturated heterocycles. The van der Waals surface area contributed by atoms with Crippen molar-refractivity contribution in [3.05, 3.63) is 0 Å². The fourth-order valence-electron chi connectivity index (χ4n) is 4.84. The van der Waals surface area contributed by atoms with Crippen molar-refractivity contribution in [1.29, 1.82) is 0 Å². The number of hydrogen-bond donors (Lipinski definition) is 0. The molecule has 0 bridgehead atoms. The van der Waals surface area contributed by atoms with E-state index in [1.165, 1.54) is 128 Å². The van der Waals surface area contributed by atoms with Crippen LogP contribution in [0.4, 0.5) is 0 Å². The fraction of sp³-hybridized carbons (Fsp3) is 1.00. The van der Waals surface area contributed by atoms with E-state index in [0.29, 0.717) is 12.2 Å². The quantitative estimate of drug-likeness (QED) is 0.118. The van der Waals surface area contributed by atoms with Crippen LogP contribution in [0.1, 0.15) is 155 Å². The number of ether oxygens (including phenoxy) is 3. The van der Waals surface area contributed by atoms with Crippen molar-refractivity contribution in [3.8, 4) is 0 Å². The van der Waals surface area contributed by atoms with Crippen LogP contribution in [0.15, 0.2) is 0 Å². The van der Waals surface area contributed by atoms with Crippen molar-refractivity contribution >= 4 is 0 Å². The van der Waals surface area contributed by atoms with Gasteiger partial charge in [-0.25, -0.2) is 0 Å². The number of unbranched alkanes of at least 4 members (excludes halogenated alkanes) is 18. The highest BCUT2D eigenvalue weighted by atomic mass is 16.6. The van der Waals surface area contributed by atoms with E-state index < -0.39 is 0 Å². The molecular weight excluding hydrogens is 408 g/mol. The Balaban J connectivity index is 1.76. The lowest BCUT2D eigenvalue weighted by atomic mass is 10.1. The fourth-order valence-corrected chi connectivity index (χ4v) is 4.84. The van der Waals surface area contributed by atoms with Gasteiger partial charge in [0.15, 0.2) is 0 Å². The summed E-state index contributed by atoms with van der Waals surface area (Å²) in [5, 5.41) is 0. The predicted octanol–water partition coefficient (Wildman–Crippen LogP) is 9.41. The summed E-state index contributed by atoms with van der Waals surface area (Å²) >= 11 is 0. The molecule has 1 fully saturated rings. The first-order chi connectivity index (χ1) is 16.4. The molecule has 0 aromatic rings. The van der Waals surface area contributed by atoms with Gasteiger partial charge in [-0.2, -0.15) is 0 Å². The Hall–Kier alpha value is -0.120. The van der Waals surface area contributed by atoms with Crippen LogP contribution >= 0.6 is 0 Å². The molecule has 1 rings (SSSR count). The third kappa shape index (κ3) is 20.9. The molecule has 0 saturated carbocycles. The molecule has 0 unspecified atom stereocenters. The third-order valence-electron chi connectivity index (χ3n) is 7.09. The maximum absolute atomic E-state index is 6.11. The Morgan fingerprint density at radius 2 is 0.758 bits per heavy atom. The Kier molecular flexibility index (Phi) is 23.4. The molecular formula is C30H60O3. The molecule has 2 atom stereocenters. The standard InChI is InChI=1S/C30H60O3/c1-3-5-7-9-11-13-15-17-19-21-25-31-27-29-23-24-30(33-29)28-32-26-22-20-18-16-14-12-10-8-6-4-2/h29-30H,3-28H2,1-2H3/t29-,30-/m0/s1. The first-order valence-electron chi connectivity index (χ1n) is 15.2. The van der Waals surface area contributed by atoms with Crippen LogP contribution in [-0.2, 0) is 14.2 Å². The highest BCUT2D eigenvalue weighted by Crippen LogP contribution is 2.20. The van der Waals surface area contributed by atoms with Gasteiger partial charge in [0.1, 0.15) is 0 Å². The number of hydrogen-bond acceptors (Lipinski definition) is 3. The molecule has 0 aromatic heterocycles. The van der Waals surface area contributed by atoms with Gasteiger partial charge in [-0.3, -0.25) is 0 Å². The summed E-state index contributed by atoms with van der Waals surface area (Å²) in [6.45, 7) is 7.91. The van der Waals surface area contributed by atoms with Crippen LogP contribution < -0.4 is 0 Å². The molecule has 0 aliphatic carbocycles. The lowest BCUT2D eigenvalue weighted by Crippen LogP contribution is -2.20. The highest BCUT2D eigenvalue weighted by Gasteiger charge is 2.25. The first-order valence-corrected chi connectivity index (χ1v) is 15.2. The summed E-state index contributed by atoms with van der Waals surface area (Å²) in [5.41, 5.74) is 0. The van der Waals surface area contributed by atoms with E-state index in [2.05, 4.69) is 13.8 Å². The minimum Gasteiger partial charge on any atom is -0.379 e. The first kappa shape index (κ1) is 30.9. The molecule has 0 N–H and O–H groups in total. The summed E-state index contributed by atoms with van der Waals surface area (Å²) in [6, 6.07) is 0. The lowest BCUT2D eigenvalue weighted by Gasteiger charge is -2.14. The summed E-state index contributed by atoms with van der Waals surface area (Å²) in [5.74, 6) is 0. The molecule has 1 aliphatic rings. The monoisotopic (exact) mass is 468 g/mol. The summed E-state index contributed by atoms with van der Waals surface area (Å²) in [7, 11) is 0. The maximum atomic E-state index is 6.11. The second kappa shape index (κ2) is 25.0. The lowest BCUT2D eigenvalue weighted by molar-refractivity contribution is -0.0460. The second-order valence-electron chi connectivity index (χ2n) is 10.5. The second-order valence-corrected chi connectivity index (χ2v) is 10.5. The summed E-state index contributed by atoms with van der Waals surface area (Å²) in [6.07, 6.45) is 30.4. The van der Waals surface area contributed by atoms with Gasteiger partial charge in [-0.1, -0.05) is 129 Å². The van der Waals surface area contributed by atoms with Crippen molar-refractivity contribution in [1.82, 2.24) is 0 Å². The van der Waals surface area contributed by atoms with Crippen LogP contribution in [0.3, 0.4) is 0 Å². The van der Waals surface area contributed by atoms with Crippen LogP contribution in [0.2, 0.25) is 0 Å². The normalized spacial score (nSPS) is 18.4. The maximum Gasteiger partial charge on any atom is 0.0814 e. The van der Waals surface area contributed by atoms with E-state index >= 15 is 0 Å². The van der Waals surface area contributed by atoms with Crippen molar-refractivity contribution < 1.29 is 14.2 Å². The van der Waals surface area contributed by atoms with Crippen LogP contribution in [-0.4, -0.2) is 38.6 Å². The van der Waals surface area contributed by atoms with E-state index in [1.807, 2.05) is 0 Å². The summed E-state index contributed by atoms with van der Waals surface area (Å²) in [4.78, 5) is 0. The van der Waals surface area contributed by atoms with Gasteiger partial charge < -0.3 is 14.2 Å². The van der Waals surface area contributed by atoms with Gasteiger partial charge in [0.25, 0.3) is 0 Å². The van der Waals surface area contributed by atoms with E-state index in [4.69, 9.17) is 14.2 Å². The minimum atomic E-state index is 0.291. The van der Waals surface area contributed by atoms with Gasteiger partial charge in [-0.05, 0) is 25.7 Å². The van der Waals surface area contributed by atoms with E-state index in [-0.39, 0.29) is 0 Å². The number of rotatable bonds is 26. The van der Waals surface area contributed by atoms with E-state index in [0.717, 1.165) is 39.3 Å². The van der Waals surface area contributed by atoms with Gasteiger partial charge in [-0.15, -0.1) is 0 Å². The van der Waals surface area contributed by atoms with Crippen LogP contribution in [0, 0.1) is 0 Å². The zero-order valence-corrected chi connectivity index (χ0v) is 22.8. The molecule has 3 heteroatoms. The topological polar surface area (TPSA) is 27.7 Å². The van der Waals surface area contributed by atoms with Gasteiger partial charge in [0.05, 0.1) is 25.4 Å². The Bertz CT molecular complexity index is 340. The zero-order valence-electron chi connectivity index (χ0n) is 22.8. The van der Waals surface area contributed by atoms with Crippen molar-refractivity contribution in [2.75, 3.05) is 26.4 Å². The smallest absolute Gasteiger partial charge is 0.0814 e. The van der Waals surface area contributed by atoms with E-state index in [9.17, 15) is 0 Å². The molecule has 1 heterocycles. The molecule has 1 aliphatic heterocycles. The largest absolute Gasteiger partial charge is 0.379 e. The SMILES string of the molecule is CCCCCCCCCCCCOC[C@@H]1CC[C@@H](COCCCCCCCCCCCC)O1. The van der Waals surface area contributed by atoms with Crippen LogP contribution in [0.25, 0.3) is 0 Å². The molecule has 0 aromatic carbocycles. The van der Waals surface area contributed by atoms with Gasteiger partial charge >= 0.3 is 0 Å².